The number of nitrogens with two attached hydrogens (primary N) is 1. The summed E-state index contributed by atoms with van der Waals surface area (Å²) in [6, 6.07) is 3.20. The molecule has 1 amide bonds. The number of hydrogen-bond donors (Lipinski definition) is 1. The van der Waals surface area contributed by atoms with Crippen LogP contribution in [0.3, 0.4) is 0 Å². The van der Waals surface area contributed by atoms with Crippen molar-refractivity contribution in [1.29, 1.82) is 0 Å². The highest BCUT2D eigenvalue weighted by Gasteiger charge is 2.43. The first-order valence-electron chi connectivity index (χ1n) is 6.51. The fourth-order valence-electron chi connectivity index (χ4n) is 2.49. The first kappa shape index (κ1) is 14.8. The predicted molar refractivity (Wildman–Crippen MR) is 78.4 cm³/mol. The predicted octanol–water partition coefficient (Wildman–Crippen LogP) is 2.01. The first-order chi connectivity index (χ1) is 9.12. The summed E-state index contributed by atoms with van der Waals surface area (Å²) in [7, 11) is -3.56. The van der Waals surface area contributed by atoms with E-state index in [1.54, 1.807) is 19.9 Å². The van der Waals surface area contributed by atoms with E-state index < -0.39 is 20.5 Å². The van der Waals surface area contributed by atoms with Crippen molar-refractivity contribution in [2.24, 2.45) is 5.73 Å². The SMILES string of the molecule is C=C1Cc2cc(CC)c(C(N)=O)cc2S(=O)(=O)C1(C)C. The molecular formula is C15H19NO3S. The fraction of sp³-hybridized carbons (Fsp3) is 0.400. The standard InChI is InChI=1S/C15H19NO3S/c1-5-10-7-11-6-9(2)15(3,4)20(18,19)13(11)8-12(10)14(16)17/h7-8H,2,5-6H2,1,3-4H3,(H2,16,17). The summed E-state index contributed by atoms with van der Waals surface area (Å²) in [6.07, 6.45) is 1.13. The molecule has 0 spiro atoms. The average Bonchev–Trinajstić information content (AvgIpc) is 2.35. The Kier molecular flexibility index (Phi) is 3.29. The van der Waals surface area contributed by atoms with Crippen molar-refractivity contribution in [1.82, 2.24) is 0 Å². The van der Waals surface area contributed by atoms with E-state index >= 15 is 0 Å². The first-order valence-corrected chi connectivity index (χ1v) is 7.99. The van der Waals surface area contributed by atoms with Crippen LogP contribution in [0.25, 0.3) is 0 Å². The molecule has 0 aliphatic carbocycles. The number of carbonyl (C=O) groups is 1. The molecule has 1 aromatic rings. The van der Waals surface area contributed by atoms with Gasteiger partial charge in [-0.25, -0.2) is 8.42 Å². The van der Waals surface area contributed by atoms with Crippen molar-refractivity contribution in [3.63, 3.8) is 0 Å². The minimum Gasteiger partial charge on any atom is -0.366 e. The molecule has 2 N–H and O–H groups in total. The highest BCUT2D eigenvalue weighted by atomic mass is 32.2. The van der Waals surface area contributed by atoms with Crippen LogP contribution in [-0.2, 0) is 22.7 Å². The minimum atomic E-state index is -3.56. The third-order valence-electron chi connectivity index (χ3n) is 4.15. The van der Waals surface area contributed by atoms with E-state index in [0.29, 0.717) is 24.0 Å². The Balaban J connectivity index is 2.82. The third kappa shape index (κ3) is 1.88. The molecule has 0 atom stereocenters. The van der Waals surface area contributed by atoms with Gasteiger partial charge in [0.15, 0.2) is 9.84 Å². The summed E-state index contributed by atoms with van der Waals surface area (Å²) in [6.45, 7) is 9.10. The van der Waals surface area contributed by atoms with Crippen molar-refractivity contribution in [2.45, 2.75) is 43.3 Å². The molecule has 2 rings (SSSR count). The van der Waals surface area contributed by atoms with Gasteiger partial charge < -0.3 is 5.73 Å². The fourth-order valence-corrected chi connectivity index (χ4v) is 4.24. The third-order valence-corrected chi connectivity index (χ3v) is 6.74. The molecule has 4 nitrogen and oxygen atoms in total. The normalized spacial score (nSPS) is 19.4. The smallest absolute Gasteiger partial charge is 0.249 e. The number of benzene rings is 1. The average molecular weight is 293 g/mol. The molecule has 0 bridgehead atoms. The molecule has 0 aromatic heterocycles. The molecule has 108 valence electrons. The van der Waals surface area contributed by atoms with E-state index in [1.165, 1.54) is 6.07 Å². The van der Waals surface area contributed by atoms with Crippen LogP contribution in [0.1, 0.15) is 42.3 Å². The molecule has 1 aliphatic rings. The van der Waals surface area contributed by atoms with E-state index in [9.17, 15) is 13.2 Å². The van der Waals surface area contributed by atoms with E-state index in [0.717, 1.165) is 5.56 Å². The number of rotatable bonds is 2. The lowest BCUT2D eigenvalue weighted by molar-refractivity contribution is 0.0999. The van der Waals surface area contributed by atoms with Crippen LogP contribution in [-0.4, -0.2) is 19.1 Å². The summed E-state index contributed by atoms with van der Waals surface area (Å²) < 4.78 is 24.4. The van der Waals surface area contributed by atoms with Crippen LogP contribution in [0.2, 0.25) is 0 Å². The highest BCUT2D eigenvalue weighted by molar-refractivity contribution is 7.93. The largest absolute Gasteiger partial charge is 0.366 e. The number of aryl methyl sites for hydroxylation is 1. The van der Waals surface area contributed by atoms with Crippen molar-refractivity contribution < 1.29 is 13.2 Å². The maximum Gasteiger partial charge on any atom is 0.249 e. The Morgan fingerprint density at radius 1 is 1.40 bits per heavy atom. The summed E-state index contributed by atoms with van der Waals surface area (Å²) in [5.74, 6) is -0.595. The van der Waals surface area contributed by atoms with E-state index in [1.807, 2.05) is 6.92 Å². The van der Waals surface area contributed by atoms with Gasteiger partial charge in [-0.15, -0.1) is 0 Å². The van der Waals surface area contributed by atoms with Gasteiger partial charge in [-0.3, -0.25) is 4.79 Å². The molecule has 5 heteroatoms. The van der Waals surface area contributed by atoms with Crippen LogP contribution in [0.4, 0.5) is 0 Å². The van der Waals surface area contributed by atoms with Gasteiger partial charge in [-0.2, -0.15) is 0 Å². The van der Waals surface area contributed by atoms with Crippen molar-refractivity contribution in [3.8, 4) is 0 Å². The van der Waals surface area contributed by atoms with Crippen LogP contribution < -0.4 is 5.73 Å². The zero-order chi connectivity index (χ0) is 15.3. The minimum absolute atomic E-state index is 0.209. The maximum atomic E-state index is 12.7. The molecule has 0 unspecified atom stereocenters. The number of hydrogen-bond acceptors (Lipinski definition) is 3. The topological polar surface area (TPSA) is 77.2 Å². The Bertz CT molecular complexity index is 715. The molecule has 0 radical (unpaired) electrons. The van der Waals surface area contributed by atoms with Gasteiger partial charge >= 0.3 is 0 Å². The second-order valence-corrected chi connectivity index (χ2v) is 8.10. The number of primary amides is 1. The summed E-state index contributed by atoms with van der Waals surface area (Å²) in [5, 5.41) is 0. The highest BCUT2D eigenvalue weighted by Crippen LogP contribution is 2.40. The van der Waals surface area contributed by atoms with Crippen molar-refractivity contribution in [3.05, 3.63) is 41.0 Å². The summed E-state index contributed by atoms with van der Waals surface area (Å²) in [4.78, 5) is 11.7. The second-order valence-electron chi connectivity index (χ2n) is 5.63. The molecular weight excluding hydrogens is 274 g/mol. The quantitative estimate of drug-likeness (QED) is 0.847. The van der Waals surface area contributed by atoms with E-state index in [2.05, 4.69) is 6.58 Å². The maximum absolute atomic E-state index is 12.7. The molecule has 1 aliphatic heterocycles. The number of amides is 1. The monoisotopic (exact) mass is 293 g/mol. The van der Waals surface area contributed by atoms with Crippen molar-refractivity contribution in [2.75, 3.05) is 0 Å². The van der Waals surface area contributed by atoms with E-state index in [-0.39, 0.29) is 10.5 Å². The Labute approximate surface area is 119 Å². The Hall–Kier alpha value is -1.62. The van der Waals surface area contributed by atoms with Crippen LogP contribution in [0.5, 0.6) is 0 Å². The van der Waals surface area contributed by atoms with Gasteiger partial charge in [-0.05, 0) is 43.9 Å². The molecule has 0 fully saturated rings. The lowest BCUT2D eigenvalue weighted by Gasteiger charge is -2.34. The van der Waals surface area contributed by atoms with Gasteiger partial charge in [0, 0.05) is 5.56 Å². The molecule has 0 saturated carbocycles. The molecule has 20 heavy (non-hydrogen) atoms. The van der Waals surface area contributed by atoms with Crippen LogP contribution in [0, 0.1) is 0 Å². The Morgan fingerprint density at radius 2 is 2.00 bits per heavy atom. The van der Waals surface area contributed by atoms with Gasteiger partial charge in [0.25, 0.3) is 0 Å². The zero-order valence-electron chi connectivity index (χ0n) is 12.0. The lowest BCUT2D eigenvalue weighted by Crippen LogP contribution is -2.39. The van der Waals surface area contributed by atoms with Gasteiger partial charge in [0.2, 0.25) is 5.91 Å². The number of sulfone groups is 1. The van der Waals surface area contributed by atoms with Gasteiger partial charge in [0.05, 0.1) is 9.64 Å². The van der Waals surface area contributed by atoms with Crippen LogP contribution in [0.15, 0.2) is 29.2 Å². The van der Waals surface area contributed by atoms with Crippen molar-refractivity contribution >= 4 is 15.7 Å². The zero-order valence-corrected chi connectivity index (χ0v) is 12.8. The summed E-state index contributed by atoms with van der Waals surface area (Å²) in [5.41, 5.74) is 7.79. The second kappa shape index (κ2) is 4.45. The van der Waals surface area contributed by atoms with E-state index in [4.69, 9.17) is 5.73 Å². The number of carbonyl (C=O) groups excluding carboxylic acids is 1. The summed E-state index contributed by atoms with van der Waals surface area (Å²) >= 11 is 0. The molecule has 1 heterocycles. The molecule has 0 saturated heterocycles. The molecule has 1 aromatic carbocycles. The van der Waals surface area contributed by atoms with Gasteiger partial charge in [-0.1, -0.05) is 25.1 Å². The van der Waals surface area contributed by atoms with Crippen LogP contribution >= 0.6 is 0 Å². The number of fused-ring (bicyclic) bond motifs is 1. The van der Waals surface area contributed by atoms with Gasteiger partial charge in [0.1, 0.15) is 0 Å². The lowest BCUT2D eigenvalue weighted by atomic mass is 9.92. The Morgan fingerprint density at radius 3 is 2.50 bits per heavy atom.